The average Bonchev–Trinajstić information content (AvgIpc) is 3.29. The molecule has 2 fully saturated rings. The summed E-state index contributed by atoms with van der Waals surface area (Å²) in [6.45, 7) is 3.05. The van der Waals surface area contributed by atoms with Gasteiger partial charge in [-0.05, 0) is 106 Å². The topological polar surface area (TPSA) is 95.6 Å². The molecule has 9 nitrogen and oxygen atoms in total. The number of aryl methyl sites for hydroxylation is 1. The van der Waals surface area contributed by atoms with Crippen LogP contribution in [0.1, 0.15) is 60.0 Å². The zero-order chi connectivity index (χ0) is 29.9. The number of carbonyl (C=O) groups is 2. The van der Waals surface area contributed by atoms with Crippen LogP contribution in [0.4, 0.5) is 5.69 Å². The molecule has 0 aliphatic heterocycles. The van der Waals surface area contributed by atoms with Crippen LogP contribution in [-0.4, -0.2) is 77.4 Å². The molecule has 0 bridgehead atoms. The van der Waals surface area contributed by atoms with Crippen molar-refractivity contribution >= 4 is 17.6 Å². The number of benzene rings is 2. The summed E-state index contributed by atoms with van der Waals surface area (Å²) in [4.78, 5) is 27.5. The van der Waals surface area contributed by atoms with E-state index in [0.29, 0.717) is 23.1 Å². The van der Waals surface area contributed by atoms with Gasteiger partial charge in [0, 0.05) is 31.2 Å². The minimum Gasteiger partial charge on any atom is -0.468 e. The van der Waals surface area contributed by atoms with Gasteiger partial charge in [0.25, 0.3) is 0 Å². The van der Waals surface area contributed by atoms with Gasteiger partial charge in [0.15, 0.2) is 6.79 Å². The van der Waals surface area contributed by atoms with E-state index in [4.69, 9.17) is 23.7 Å². The third-order valence-corrected chi connectivity index (χ3v) is 9.42. The number of likely N-dealkylation sites (N-methyl/N-ethyl adjacent to an activating group) is 1. The fourth-order valence-electron chi connectivity index (χ4n) is 7.70. The first-order valence-corrected chi connectivity index (χ1v) is 14.8. The van der Waals surface area contributed by atoms with Crippen LogP contribution in [0.15, 0.2) is 42.5 Å². The number of carbonyl (C=O) groups excluding carboxylic acids is 2. The molecule has 1 amide bonds. The molecule has 0 spiro atoms. The van der Waals surface area contributed by atoms with Crippen LogP contribution >= 0.6 is 0 Å². The lowest BCUT2D eigenvalue weighted by atomic mass is 9.54. The lowest BCUT2D eigenvalue weighted by Gasteiger charge is -2.53. The predicted molar refractivity (Wildman–Crippen MR) is 159 cm³/mol. The zero-order valence-corrected chi connectivity index (χ0v) is 25.4. The molecule has 0 saturated heterocycles. The number of ether oxygens (including phenoxy) is 5. The summed E-state index contributed by atoms with van der Waals surface area (Å²) in [5.41, 5.74) is 3.48. The Hall–Kier alpha value is -2.98. The van der Waals surface area contributed by atoms with Gasteiger partial charge in [-0.25, -0.2) is 4.79 Å². The van der Waals surface area contributed by atoms with Gasteiger partial charge in [0.2, 0.25) is 5.91 Å². The molecule has 0 unspecified atom stereocenters. The quantitative estimate of drug-likeness (QED) is 0.298. The van der Waals surface area contributed by atoms with Crippen LogP contribution in [-0.2, 0) is 30.2 Å². The third kappa shape index (κ3) is 6.34. The molecule has 3 aliphatic carbocycles. The van der Waals surface area contributed by atoms with E-state index in [9.17, 15) is 9.59 Å². The molecule has 2 saturated carbocycles. The van der Waals surface area contributed by atoms with Crippen molar-refractivity contribution in [2.45, 2.75) is 57.2 Å². The lowest BCUT2D eigenvalue weighted by molar-refractivity contribution is -0.143. The van der Waals surface area contributed by atoms with Crippen molar-refractivity contribution in [3.05, 3.63) is 59.2 Å². The predicted octanol–water partition coefficient (Wildman–Crippen LogP) is 4.85. The molecule has 3 aliphatic rings. The van der Waals surface area contributed by atoms with Crippen LogP contribution < -0.4 is 10.1 Å². The highest BCUT2D eigenvalue weighted by molar-refractivity contribution is 5.94. The second kappa shape index (κ2) is 13.1. The maximum Gasteiger partial charge on any atom is 0.338 e. The summed E-state index contributed by atoms with van der Waals surface area (Å²) in [6.07, 6.45) is 4.53. The number of nitrogens with zero attached hydrogens (tertiary/aromatic N) is 1. The van der Waals surface area contributed by atoms with E-state index in [0.717, 1.165) is 37.9 Å². The molecule has 1 N–H and O–H groups in total. The van der Waals surface area contributed by atoms with Crippen molar-refractivity contribution in [2.75, 3.05) is 53.8 Å². The van der Waals surface area contributed by atoms with Crippen molar-refractivity contribution in [3.63, 3.8) is 0 Å². The standard InChI is InChI=1S/C33H44N2O7/c1-33-17-28(42-32(37)21-6-9-23(10-7-21)34-30(36)18-35(2)3)31-25-13-11-24(40-19-38-4)16-22(25)8-12-26(31)27(33)14-15-29(33)41-20-39-5/h6-7,9-11,13,16,26-29,31H,8,12,14-15,17-20H2,1-5H3,(H,34,36)/t26-,27-,28+,29-,31+,33-/m0/s1. The minimum absolute atomic E-state index is 0.0564. The Kier molecular flexibility index (Phi) is 9.52. The Balaban J connectivity index is 1.40. The minimum atomic E-state index is -0.355. The van der Waals surface area contributed by atoms with Crippen molar-refractivity contribution in [1.82, 2.24) is 4.90 Å². The Labute approximate surface area is 248 Å². The number of hydrogen-bond acceptors (Lipinski definition) is 8. The normalized spacial score (nSPS) is 28.0. The number of methoxy groups -OCH3 is 2. The maximum absolute atomic E-state index is 13.6. The monoisotopic (exact) mass is 580 g/mol. The van der Waals surface area contributed by atoms with Gasteiger partial charge in [-0.3, -0.25) is 4.79 Å². The van der Waals surface area contributed by atoms with Crippen molar-refractivity contribution < 1.29 is 33.3 Å². The van der Waals surface area contributed by atoms with E-state index in [1.165, 1.54) is 11.1 Å². The molecular formula is C33H44N2O7. The number of nitrogens with one attached hydrogen (secondary N) is 1. The Morgan fingerprint density at radius 3 is 2.48 bits per heavy atom. The molecule has 6 atom stereocenters. The number of hydrogen-bond donors (Lipinski definition) is 1. The third-order valence-electron chi connectivity index (χ3n) is 9.42. The van der Waals surface area contributed by atoms with Gasteiger partial charge in [-0.1, -0.05) is 13.0 Å². The fraction of sp³-hybridized carbons (Fsp3) is 0.576. The van der Waals surface area contributed by atoms with E-state index in [1.807, 2.05) is 20.2 Å². The number of esters is 1. The molecule has 9 heteroatoms. The number of anilines is 1. The SMILES string of the molecule is COCOc1ccc2c(c1)CC[C@@H]1[C@@H]2[C@H](OC(=O)c2ccc(NC(=O)CN(C)C)cc2)C[C@]2(C)[C@@H](OCOC)CC[C@@H]12. The lowest BCUT2D eigenvalue weighted by Crippen LogP contribution is -2.51. The summed E-state index contributed by atoms with van der Waals surface area (Å²) in [7, 11) is 6.94. The van der Waals surface area contributed by atoms with Crippen LogP contribution in [0.3, 0.4) is 0 Å². The molecule has 2 aromatic rings. The highest BCUT2D eigenvalue weighted by Crippen LogP contribution is 2.62. The first-order valence-electron chi connectivity index (χ1n) is 14.8. The number of fused-ring (bicyclic) bond motifs is 5. The van der Waals surface area contributed by atoms with E-state index < -0.39 is 0 Å². The van der Waals surface area contributed by atoms with E-state index >= 15 is 0 Å². The highest BCUT2D eigenvalue weighted by Gasteiger charge is 2.59. The molecular weight excluding hydrogens is 536 g/mol. The molecule has 42 heavy (non-hydrogen) atoms. The van der Waals surface area contributed by atoms with Gasteiger partial charge in [-0.15, -0.1) is 0 Å². The molecule has 2 aromatic carbocycles. The first kappa shape index (κ1) is 30.5. The van der Waals surface area contributed by atoms with Crippen molar-refractivity contribution in [3.8, 4) is 5.75 Å². The Morgan fingerprint density at radius 1 is 1.00 bits per heavy atom. The van der Waals surface area contributed by atoms with Crippen LogP contribution in [0, 0.1) is 17.3 Å². The van der Waals surface area contributed by atoms with Crippen molar-refractivity contribution in [2.24, 2.45) is 17.3 Å². The smallest absolute Gasteiger partial charge is 0.338 e. The van der Waals surface area contributed by atoms with Gasteiger partial charge < -0.3 is 33.9 Å². The molecule has 0 aromatic heterocycles. The largest absolute Gasteiger partial charge is 0.468 e. The maximum atomic E-state index is 13.6. The second-order valence-electron chi connectivity index (χ2n) is 12.4. The summed E-state index contributed by atoms with van der Waals surface area (Å²) < 4.78 is 28.7. The molecule has 228 valence electrons. The van der Waals surface area contributed by atoms with E-state index in [2.05, 4.69) is 24.4 Å². The summed E-state index contributed by atoms with van der Waals surface area (Å²) >= 11 is 0. The summed E-state index contributed by atoms with van der Waals surface area (Å²) in [6, 6.07) is 13.2. The first-order chi connectivity index (χ1) is 20.2. The number of amides is 1. The fourth-order valence-corrected chi connectivity index (χ4v) is 7.70. The summed E-state index contributed by atoms with van der Waals surface area (Å²) in [5, 5.41) is 2.86. The highest BCUT2D eigenvalue weighted by atomic mass is 16.7. The number of rotatable bonds is 11. The molecule has 0 heterocycles. The zero-order valence-electron chi connectivity index (χ0n) is 25.4. The van der Waals surface area contributed by atoms with Gasteiger partial charge in [0.05, 0.1) is 18.2 Å². The van der Waals surface area contributed by atoms with E-state index in [1.54, 1.807) is 43.4 Å². The second-order valence-corrected chi connectivity index (χ2v) is 12.4. The van der Waals surface area contributed by atoms with Gasteiger partial charge >= 0.3 is 5.97 Å². The van der Waals surface area contributed by atoms with Crippen molar-refractivity contribution in [1.29, 1.82) is 0 Å². The Morgan fingerprint density at radius 2 is 1.76 bits per heavy atom. The van der Waals surface area contributed by atoms with Crippen LogP contribution in [0.5, 0.6) is 5.75 Å². The summed E-state index contributed by atoms with van der Waals surface area (Å²) in [5.74, 6) is 1.27. The van der Waals surface area contributed by atoms with Crippen LogP contribution in [0.25, 0.3) is 0 Å². The van der Waals surface area contributed by atoms with Gasteiger partial charge in [-0.2, -0.15) is 0 Å². The molecule has 5 rings (SSSR count). The average molecular weight is 581 g/mol. The van der Waals surface area contributed by atoms with Gasteiger partial charge in [0.1, 0.15) is 18.6 Å². The van der Waals surface area contributed by atoms with Crippen LogP contribution in [0.2, 0.25) is 0 Å². The molecule has 0 radical (unpaired) electrons. The Bertz CT molecular complexity index is 1250. The van der Waals surface area contributed by atoms with E-state index in [-0.39, 0.29) is 55.5 Å².